The summed E-state index contributed by atoms with van der Waals surface area (Å²) in [5, 5.41) is 3.19. The molecule has 0 bridgehead atoms. The molecule has 0 radical (unpaired) electrons. The molecule has 2 aliphatic carbocycles. The van der Waals surface area contributed by atoms with Crippen LogP contribution in [0.4, 0.5) is 8.78 Å². The smallest absolute Gasteiger partial charge is 0.256 e. The Bertz CT molecular complexity index is 1380. The van der Waals surface area contributed by atoms with E-state index in [1.807, 2.05) is 4.57 Å². The number of pyridine rings is 1. The summed E-state index contributed by atoms with van der Waals surface area (Å²) in [4.78, 5) is 26.2. The molecule has 1 amide bonds. The van der Waals surface area contributed by atoms with Gasteiger partial charge in [0, 0.05) is 29.7 Å². The number of benzene rings is 2. The van der Waals surface area contributed by atoms with Crippen molar-refractivity contribution in [2.24, 2.45) is 5.92 Å². The van der Waals surface area contributed by atoms with E-state index in [9.17, 15) is 18.4 Å². The maximum absolute atomic E-state index is 14.1. The van der Waals surface area contributed by atoms with Gasteiger partial charge >= 0.3 is 0 Å². The molecular formula is C29H31ClF2N2O3. The van der Waals surface area contributed by atoms with Crippen molar-refractivity contribution in [3.8, 4) is 5.75 Å². The van der Waals surface area contributed by atoms with E-state index in [4.69, 9.17) is 16.3 Å². The first-order valence-electron chi connectivity index (χ1n) is 13.0. The molecule has 8 heteroatoms. The number of carbonyl (C=O) groups is 1. The Balaban J connectivity index is 1.15. The summed E-state index contributed by atoms with van der Waals surface area (Å²) in [6, 6.07) is 7.73. The van der Waals surface area contributed by atoms with Crippen molar-refractivity contribution >= 4 is 28.4 Å². The highest BCUT2D eigenvalue weighted by Gasteiger charge is 2.29. The summed E-state index contributed by atoms with van der Waals surface area (Å²) >= 11 is 5.97. The third-order valence-electron chi connectivity index (χ3n) is 7.61. The summed E-state index contributed by atoms with van der Waals surface area (Å²) in [7, 11) is 0. The number of carbonyl (C=O) groups excluding carboxylic acids is 1. The monoisotopic (exact) mass is 528 g/mol. The number of aromatic nitrogens is 1. The van der Waals surface area contributed by atoms with Crippen molar-refractivity contribution < 1.29 is 18.3 Å². The number of nitrogens with one attached hydrogen (secondary N) is 1. The van der Waals surface area contributed by atoms with Gasteiger partial charge in [0.1, 0.15) is 22.9 Å². The third kappa shape index (κ3) is 5.82. The van der Waals surface area contributed by atoms with E-state index < -0.39 is 17.2 Å². The van der Waals surface area contributed by atoms with Crippen LogP contribution in [-0.2, 0) is 0 Å². The quantitative estimate of drug-likeness (QED) is 0.330. The fraction of sp³-hybridized carbons (Fsp3) is 0.448. The summed E-state index contributed by atoms with van der Waals surface area (Å²) in [6.07, 6.45) is 9.06. The second-order valence-electron chi connectivity index (χ2n) is 10.4. The molecule has 2 fully saturated rings. The molecule has 0 atom stereocenters. The molecule has 0 unspecified atom stereocenters. The molecule has 37 heavy (non-hydrogen) atoms. The van der Waals surface area contributed by atoms with Crippen molar-refractivity contribution in [3.63, 3.8) is 0 Å². The highest BCUT2D eigenvalue weighted by atomic mass is 35.5. The first kappa shape index (κ1) is 25.7. The maximum Gasteiger partial charge on any atom is 0.256 e. The fourth-order valence-corrected chi connectivity index (χ4v) is 5.40. The van der Waals surface area contributed by atoms with Crippen molar-refractivity contribution in [3.05, 3.63) is 74.5 Å². The lowest BCUT2D eigenvalue weighted by atomic mass is 9.83. The average Bonchev–Trinajstić information content (AvgIpc) is 3.72. The molecule has 2 aliphatic rings. The van der Waals surface area contributed by atoms with Gasteiger partial charge in [-0.3, -0.25) is 9.59 Å². The van der Waals surface area contributed by atoms with Gasteiger partial charge in [-0.2, -0.15) is 0 Å². The van der Waals surface area contributed by atoms with Gasteiger partial charge < -0.3 is 14.6 Å². The van der Waals surface area contributed by atoms with Gasteiger partial charge in [0.15, 0.2) is 0 Å². The summed E-state index contributed by atoms with van der Waals surface area (Å²) in [5.41, 5.74) is 0.742. The SMILES string of the molecule is Cc1ccc(OCCCC2CCC(NC(=O)c3cn(C4CC4)c4cc(Cl)c(F)cc4c3=O)CC2)cc1F. The van der Waals surface area contributed by atoms with Gasteiger partial charge in [0.05, 0.1) is 17.1 Å². The highest BCUT2D eigenvalue weighted by Crippen LogP contribution is 2.37. The van der Waals surface area contributed by atoms with E-state index in [0.717, 1.165) is 57.4 Å². The standard InChI is InChI=1S/C29H31ClF2N2O3/c1-17-4-11-21(13-25(17)31)37-12-2-3-18-5-7-19(8-6-18)33-29(36)23-16-34(20-9-10-20)27-15-24(30)26(32)14-22(27)28(23)35/h4,11,13-16,18-20H,2-3,5-10,12H2,1H3,(H,33,36). The Kier molecular flexibility index (Phi) is 7.52. The van der Waals surface area contributed by atoms with Gasteiger partial charge in [-0.25, -0.2) is 8.78 Å². The Labute approximate surface area is 219 Å². The van der Waals surface area contributed by atoms with Gasteiger partial charge in [0.25, 0.3) is 5.91 Å². The lowest BCUT2D eigenvalue weighted by Gasteiger charge is -2.29. The van der Waals surface area contributed by atoms with Crippen LogP contribution in [0.5, 0.6) is 5.75 Å². The number of hydrogen-bond acceptors (Lipinski definition) is 3. The van der Waals surface area contributed by atoms with E-state index in [1.165, 1.54) is 12.1 Å². The van der Waals surface area contributed by atoms with Crippen LogP contribution < -0.4 is 15.5 Å². The minimum atomic E-state index is -0.666. The Morgan fingerprint density at radius 3 is 2.54 bits per heavy atom. The molecule has 3 aromatic rings. The molecule has 1 N–H and O–H groups in total. The van der Waals surface area contributed by atoms with Crippen LogP contribution in [0, 0.1) is 24.5 Å². The largest absolute Gasteiger partial charge is 0.493 e. The van der Waals surface area contributed by atoms with Crippen molar-refractivity contribution in [1.29, 1.82) is 0 Å². The van der Waals surface area contributed by atoms with Crippen LogP contribution in [0.2, 0.25) is 5.02 Å². The second-order valence-corrected chi connectivity index (χ2v) is 10.8. The Morgan fingerprint density at radius 1 is 1.08 bits per heavy atom. The molecule has 5 rings (SSSR count). The lowest BCUT2D eigenvalue weighted by molar-refractivity contribution is 0.0919. The average molecular weight is 529 g/mol. The van der Waals surface area contributed by atoms with E-state index in [2.05, 4.69) is 5.32 Å². The second kappa shape index (κ2) is 10.8. The predicted molar refractivity (Wildman–Crippen MR) is 141 cm³/mol. The Hall–Kier alpha value is -2.93. The van der Waals surface area contributed by atoms with Gasteiger partial charge in [-0.1, -0.05) is 17.7 Å². The number of halogens is 3. The summed E-state index contributed by atoms with van der Waals surface area (Å²) < 4.78 is 35.4. The topological polar surface area (TPSA) is 60.3 Å². The third-order valence-corrected chi connectivity index (χ3v) is 7.90. The molecular weight excluding hydrogens is 498 g/mol. The number of hydrogen-bond donors (Lipinski definition) is 1. The van der Waals surface area contributed by atoms with E-state index in [-0.39, 0.29) is 33.9 Å². The summed E-state index contributed by atoms with van der Waals surface area (Å²) in [5.74, 6) is -0.230. The van der Waals surface area contributed by atoms with Crippen LogP contribution in [0.3, 0.4) is 0 Å². The fourth-order valence-electron chi connectivity index (χ4n) is 5.24. The molecule has 1 aromatic heterocycles. The van der Waals surface area contributed by atoms with Crippen LogP contribution in [0.1, 0.15) is 73.3 Å². The number of nitrogens with zero attached hydrogens (tertiary/aromatic N) is 1. The van der Waals surface area contributed by atoms with Gasteiger partial charge in [0.2, 0.25) is 5.43 Å². The van der Waals surface area contributed by atoms with Crippen molar-refractivity contribution in [1.82, 2.24) is 9.88 Å². The lowest BCUT2D eigenvalue weighted by Crippen LogP contribution is -2.39. The zero-order valence-electron chi connectivity index (χ0n) is 20.9. The van der Waals surface area contributed by atoms with Gasteiger partial charge in [-0.05, 0) is 88.0 Å². The van der Waals surface area contributed by atoms with Crippen LogP contribution in [-0.4, -0.2) is 23.1 Å². The highest BCUT2D eigenvalue weighted by molar-refractivity contribution is 6.31. The van der Waals surface area contributed by atoms with Crippen LogP contribution in [0.15, 0.2) is 41.3 Å². The molecule has 2 saturated carbocycles. The first-order chi connectivity index (χ1) is 17.8. The number of aryl methyl sites for hydroxylation is 1. The zero-order chi connectivity index (χ0) is 26.1. The molecule has 5 nitrogen and oxygen atoms in total. The molecule has 0 spiro atoms. The van der Waals surface area contributed by atoms with E-state index in [1.54, 1.807) is 25.3 Å². The van der Waals surface area contributed by atoms with Crippen LogP contribution >= 0.6 is 11.6 Å². The minimum absolute atomic E-state index is 0.00181. The molecule has 2 aromatic carbocycles. The molecule has 0 aliphatic heterocycles. The summed E-state index contributed by atoms with van der Waals surface area (Å²) in [6.45, 7) is 2.27. The number of fused-ring (bicyclic) bond motifs is 1. The predicted octanol–water partition coefficient (Wildman–Crippen LogP) is 6.72. The van der Waals surface area contributed by atoms with Crippen molar-refractivity contribution in [2.45, 2.75) is 70.4 Å². The zero-order valence-corrected chi connectivity index (χ0v) is 21.6. The van der Waals surface area contributed by atoms with Gasteiger partial charge in [-0.15, -0.1) is 0 Å². The number of ether oxygens (including phenoxy) is 1. The Morgan fingerprint density at radius 2 is 1.84 bits per heavy atom. The van der Waals surface area contributed by atoms with E-state index >= 15 is 0 Å². The first-order valence-corrected chi connectivity index (χ1v) is 13.4. The normalized spacial score (nSPS) is 19.7. The number of amides is 1. The molecule has 1 heterocycles. The molecule has 0 saturated heterocycles. The minimum Gasteiger partial charge on any atom is -0.493 e. The molecule has 196 valence electrons. The number of rotatable bonds is 8. The maximum atomic E-state index is 14.1. The van der Waals surface area contributed by atoms with E-state index in [0.29, 0.717) is 29.4 Å². The van der Waals surface area contributed by atoms with Crippen LogP contribution in [0.25, 0.3) is 10.9 Å². The van der Waals surface area contributed by atoms with Crippen molar-refractivity contribution in [2.75, 3.05) is 6.61 Å².